The fraction of sp³-hybridized carbons (Fsp3) is 0.471. The summed E-state index contributed by atoms with van der Waals surface area (Å²) in [6.07, 6.45) is -0.703. The molecule has 0 spiro atoms. The number of carbonyl (C=O) groups excluding carboxylic acids is 1. The summed E-state index contributed by atoms with van der Waals surface area (Å²) < 4.78 is 39.5. The summed E-state index contributed by atoms with van der Waals surface area (Å²) in [5.41, 5.74) is 5.56. The molecule has 2 aromatic heterocycles. The minimum Gasteiger partial charge on any atom is -0.352 e. The van der Waals surface area contributed by atoms with Gasteiger partial charge < -0.3 is 11.1 Å². The van der Waals surface area contributed by atoms with Gasteiger partial charge in [-0.1, -0.05) is 13.8 Å². The summed E-state index contributed by atoms with van der Waals surface area (Å²) in [5, 5.41) is 6.96. The van der Waals surface area contributed by atoms with Gasteiger partial charge in [0.05, 0.1) is 23.0 Å². The van der Waals surface area contributed by atoms with E-state index in [1.807, 2.05) is 13.8 Å². The maximum Gasteiger partial charge on any atom is 0.417 e. The quantitative estimate of drug-likeness (QED) is 0.692. The summed E-state index contributed by atoms with van der Waals surface area (Å²) in [6.45, 7) is 4.81. The maximum atomic E-state index is 12.7. The molecule has 0 saturated heterocycles. The maximum absolute atomic E-state index is 12.7. The monoisotopic (exact) mass is 405 g/mol. The number of carbonyl (C=O) groups is 1. The Bertz CT molecular complexity index is 744. The largest absolute Gasteiger partial charge is 0.417 e. The van der Waals surface area contributed by atoms with Gasteiger partial charge in [-0.2, -0.15) is 18.3 Å². The third-order valence-electron chi connectivity index (χ3n) is 3.81. The number of hydrogen-bond donors (Lipinski definition) is 2. The number of alkyl halides is 3. The molecule has 10 heteroatoms. The minimum absolute atomic E-state index is 0. The lowest BCUT2D eigenvalue weighted by Crippen LogP contribution is -2.26. The lowest BCUT2D eigenvalue weighted by Gasteiger charge is -2.13. The van der Waals surface area contributed by atoms with Gasteiger partial charge >= 0.3 is 6.18 Å². The first-order valence-electron chi connectivity index (χ1n) is 8.35. The predicted octanol–water partition coefficient (Wildman–Crippen LogP) is 3.30. The number of nitrogens with two attached hydrogens (primary N) is 1. The van der Waals surface area contributed by atoms with E-state index in [1.54, 1.807) is 0 Å². The van der Waals surface area contributed by atoms with E-state index in [4.69, 9.17) is 5.73 Å². The molecule has 1 amide bonds. The molecule has 0 radical (unpaired) electrons. The smallest absolute Gasteiger partial charge is 0.352 e. The van der Waals surface area contributed by atoms with Crippen LogP contribution in [-0.2, 0) is 6.18 Å². The number of nitrogens with one attached hydrogen (secondary N) is 1. The number of nitrogens with zero attached hydrogens (tertiary/aromatic N) is 3. The van der Waals surface area contributed by atoms with Gasteiger partial charge in [-0.25, -0.2) is 9.67 Å². The molecule has 0 fully saturated rings. The van der Waals surface area contributed by atoms with Crippen molar-refractivity contribution in [3.05, 3.63) is 41.3 Å². The summed E-state index contributed by atoms with van der Waals surface area (Å²) in [5.74, 6) is -0.126. The minimum atomic E-state index is -4.45. The van der Waals surface area contributed by atoms with Crippen molar-refractivity contribution >= 4 is 18.3 Å². The number of rotatable bonds is 7. The number of pyridine rings is 1. The van der Waals surface area contributed by atoms with Gasteiger partial charge in [-0.05, 0) is 37.4 Å². The van der Waals surface area contributed by atoms with Gasteiger partial charge in [0, 0.05) is 12.7 Å². The SMILES string of the molecule is CC(C)c1c(C(=O)NCCCCN)cnn1-c1ccc(C(F)(F)F)cn1.Cl. The van der Waals surface area contributed by atoms with Crippen molar-refractivity contribution in [2.45, 2.75) is 38.8 Å². The molecule has 3 N–H and O–H groups in total. The van der Waals surface area contributed by atoms with E-state index in [9.17, 15) is 18.0 Å². The van der Waals surface area contributed by atoms with Crippen LogP contribution in [0, 0.1) is 0 Å². The van der Waals surface area contributed by atoms with Crippen LogP contribution in [0.2, 0.25) is 0 Å². The Morgan fingerprint density at radius 2 is 1.96 bits per heavy atom. The predicted molar refractivity (Wildman–Crippen MR) is 98.3 cm³/mol. The second-order valence-corrected chi connectivity index (χ2v) is 6.16. The molecule has 2 heterocycles. The van der Waals surface area contributed by atoms with E-state index in [2.05, 4.69) is 15.4 Å². The van der Waals surface area contributed by atoms with Crippen LogP contribution in [0.15, 0.2) is 24.5 Å². The number of amides is 1. The molecular formula is C17H23ClF3N5O. The molecular weight excluding hydrogens is 383 g/mol. The first-order valence-corrected chi connectivity index (χ1v) is 8.35. The van der Waals surface area contributed by atoms with Crippen molar-refractivity contribution < 1.29 is 18.0 Å². The van der Waals surface area contributed by atoms with Gasteiger partial charge in [-0.3, -0.25) is 4.79 Å². The van der Waals surface area contributed by atoms with Crippen molar-refractivity contribution in [2.75, 3.05) is 13.1 Å². The van der Waals surface area contributed by atoms with E-state index in [0.717, 1.165) is 25.1 Å². The van der Waals surface area contributed by atoms with Crippen LogP contribution in [0.1, 0.15) is 54.2 Å². The summed E-state index contributed by atoms with van der Waals surface area (Å²) in [6, 6.07) is 2.19. The fourth-order valence-corrected chi connectivity index (χ4v) is 2.52. The van der Waals surface area contributed by atoms with Crippen LogP contribution in [0.4, 0.5) is 13.2 Å². The third kappa shape index (κ3) is 5.67. The Kier molecular flexibility index (Phi) is 8.23. The zero-order chi connectivity index (χ0) is 19.3. The number of aromatic nitrogens is 3. The van der Waals surface area contributed by atoms with Gasteiger partial charge in [0.2, 0.25) is 0 Å². The average Bonchev–Trinajstić information content (AvgIpc) is 3.03. The van der Waals surface area contributed by atoms with E-state index in [0.29, 0.717) is 24.3 Å². The Balaban J connectivity index is 0.00000364. The third-order valence-corrected chi connectivity index (χ3v) is 3.81. The second kappa shape index (κ2) is 9.70. The Labute approximate surface area is 161 Å². The fourth-order valence-electron chi connectivity index (χ4n) is 2.52. The van der Waals surface area contributed by atoms with E-state index < -0.39 is 11.7 Å². The molecule has 0 aliphatic rings. The highest BCUT2D eigenvalue weighted by Crippen LogP contribution is 2.29. The van der Waals surface area contributed by atoms with E-state index in [-0.39, 0.29) is 30.0 Å². The molecule has 6 nitrogen and oxygen atoms in total. The highest BCUT2D eigenvalue weighted by Gasteiger charge is 2.31. The molecule has 0 aliphatic carbocycles. The molecule has 150 valence electrons. The zero-order valence-electron chi connectivity index (χ0n) is 15.1. The second-order valence-electron chi connectivity index (χ2n) is 6.16. The van der Waals surface area contributed by atoms with E-state index >= 15 is 0 Å². The van der Waals surface area contributed by atoms with Gasteiger partial charge in [0.25, 0.3) is 5.91 Å². The van der Waals surface area contributed by atoms with Crippen LogP contribution in [0.5, 0.6) is 0 Å². The van der Waals surface area contributed by atoms with Gasteiger partial charge in [0.1, 0.15) is 0 Å². The molecule has 27 heavy (non-hydrogen) atoms. The first-order chi connectivity index (χ1) is 12.3. The van der Waals surface area contributed by atoms with Crippen molar-refractivity contribution in [1.29, 1.82) is 0 Å². The average molecular weight is 406 g/mol. The van der Waals surface area contributed by atoms with Gasteiger partial charge in [0.15, 0.2) is 5.82 Å². The summed E-state index contributed by atoms with van der Waals surface area (Å²) in [4.78, 5) is 16.3. The molecule has 2 rings (SSSR count). The lowest BCUT2D eigenvalue weighted by molar-refractivity contribution is -0.137. The lowest BCUT2D eigenvalue weighted by atomic mass is 10.1. The van der Waals surface area contributed by atoms with Crippen LogP contribution in [0.25, 0.3) is 5.82 Å². The van der Waals surface area contributed by atoms with Crippen molar-refractivity contribution in [1.82, 2.24) is 20.1 Å². The van der Waals surface area contributed by atoms with E-state index in [1.165, 1.54) is 16.9 Å². The standard InChI is InChI=1S/C17H22F3N5O.ClH/c1-11(2)15-13(16(26)22-8-4-3-7-21)10-24-25(15)14-6-5-12(9-23-14)17(18,19)20;/h5-6,9-11H,3-4,7-8,21H2,1-2H3,(H,22,26);1H. The first kappa shape index (κ1) is 22.9. The molecule has 0 atom stereocenters. The number of halogens is 4. The normalized spacial score (nSPS) is 11.4. The highest BCUT2D eigenvalue weighted by atomic mass is 35.5. The Hall–Kier alpha value is -2.13. The highest BCUT2D eigenvalue weighted by molar-refractivity contribution is 5.95. The molecule has 0 bridgehead atoms. The topological polar surface area (TPSA) is 85.8 Å². The molecule has 0 saturated carbocycles. The molecule has 0 aliphatic heterocycles. The summed E-state index contributed by atoms with van der Waals surface area (Å²) >= 11 is 0. The van der Waals surface area contributed by atoms with Crippen LogP contribution in [0.3, 0.4) is 0 Å². The number of unbranched alkanes of at least 4 members (excludes halogenated alkanes) is 1. The zero-order valence-corrected chi connectivity index (χ0v) is 15.9. The number of hydrogen-bond acceptors (Lipinski definition) is 4. The Morgan fingerprint density at radius 3 is 2.48 bits per heavy atom. The van der Waals surface area contributed by atoms with Crippen molar-refractivity contribution in [3.63, 3.8) is 0 Å². The van der Waals surface area contributed by atoms with Crippen molar-refractivity contribution in [3.8, 4) is 5.82 Å². The van der Waals surface area contributed by atoms with Crippen LogP contribution < -0.4 is 11.1 Å². The molecule has 0 aromatic carbocycles. The van der Waals surface area contributed by atoms with Crippen LogP contribution in [-0.4, -0.2) is 33.8 Å². The van der Waals surface area contributed by atoms with Gasteiger partial charge in [-0.15, -0.1) is 12.4 Å². The molecule has 2 aromatic rings. The summed E-state index contributed by atoms with van der Waals surface area (Å²) in [7, 11) is 0. The Morgan fingerprint density at radius 1 is 1.26 bits per heavy atom. The van der Waals surface area contributed by atoms with Crippen molar-refractivity contribution in [2.24, 2.45) is 5.73 Å². The molecule has 0 unspecified atom stereocenters. The van der Waals surface area contributed by atoms with Crippen LogP contribution >= 0.6 is 12.4 Å².